The molecule has 130 valence electrons. The van der Waals surface area contributed by atoms with Crippen LogP contribution >= 0.6 is 23.2 Å². The van der Waals surface area contributed by atoms with E-state index in [0.717, 1.165) is 6.07 Å². The van der Waals surface area contributed by atoms with Crippen molar-refractivity contribution in [3.8, 4) is 0 Å². The van der Waals surface area contributed by atoms with Crippen molar-refractivity contribution in [1.82, 2.24) is 9.97 Å². The molecule has 0 aliphatic carbocycles. The molecule has 2 rings (SSSR count). The molecule has 3 N–H and O–H groups in total. The molecule has 0 atom stereocenters. The number of benzene rings is 1. The van der Waals surface area contributed by atoms with Crippen LogP contribution in [-0.4, -0.2) is 28.2 Å². The average molecular weight is 381 g/mol. The first-order valence-corrected chi connectivity index (χ1v) is 7.58. The minimum absolute atomic E-state index is 0.0898. The van der Waals surface area contributed by atoms with E-state index in [1.807, 2.05) is 0 Å². The highest BCUT2D eigenvalue weighted by molar-refractivity contribution is 6.35. The van der Waals surface area contributed by atoms with Crippen LogP contribution in [-0.2, 0) is 6.18 Å². The van der Waals surface area contributed by atoms with Gasteiger partial charge in [-0.25, -0.2) is 4.98 Å². The molecule has 0 radical (unpaired) electrons. The monoisotopic (exact) mass is 380 g/mol. The molecule has 0 fully saturated rings. The van der Waals surface area contributed by atoms with Gasteiger partial charge < -0.3 is 15.7 Å². The van der Waals surface area contributed by atoms with Crippen LogP contribution in [0.1, 0.15) is 12.1 Å². The van der Waals surface area contributed by atoms with Crippen LogP contribution in [0.4, 0.5) is 30.6 Å². The zero-order valence-electron chi connectivity index (χ0n) is 12.2. The van der Waals surface area contributed by atoms with Crippen LogP contribution < -0.4 is 10.6 Å². The van der Waals surface area contributed by atoms with E-state index in [1.165, 1.54) is 12.1 Å². The van der Waals surface area contributed by atoms with Crippen molar-refractivity contribution >= 4 is 40.7 Å². The van der Waals surface area contributed by atoms with Gasteiger partial charge in [-0.05, 0) is 24.6 Å². The zero-order chi connectivity index (χ0) is 17.7. The number of alkyl halides is 3. The van der Waals surface area contributed by atoms with E-state index in [4.69, 9.17) is 28.3 Å². The van der Waals surface area contributed by atoms with Gasteiger partial charge in [0.1, 0.15) is 5.82 Å². The van der Waals surface area contributed by atoms with E-state index in [1.54, 1.807) is 6.07 Å². The fraction of sp³-hybridized carbons (Fsp3) is 0.286. The maximum absolute atomic E-state index is 13.0. The largest absolute Gasteiger partial charge is 0.433 e. The molecule has 0 aliphatic rings. The van der Waals surface area contributed by atoms with Crippen molar-refractivity contribution in [2.24, 2.45) is 0 Å². The molecule has 10 heteroatoms. The Hall–Kier alpha value is -1.77. The molecule has 1 aromatic heterocycles. The predicted molar refractivity (Wildman–Crippen MR) is 87.0 cm³/mol. The van der Waals surface area contributed by atoms with Crippen LogP contribution in [0.2, 0.25) is 10.0 Å². The Morgan fingerprint density at radius 2 is 1.88 bits per heavy atom. The van der Waals surface area contributed by atoms with Gasteiger partial charge in [0.2, 0.25) is 5.95 Å². The number of aromatic nitrogens is 2. The molecule has 24 heavy (non-hydrogen) atoms. The number of halogens is 5. The van der Waals surface area contributed by atoms with Crippen molar-refractivity contribution in [1.29, 1.82) is 0 Å². The molecule has 0 amide bonds. The Morgan fingerprint density at radius 1 is 1.12 bits per heavy atom. The van der Waals surface area contributed by atoms with Crippen LogP contribution in [0.3, 0.4) is 0 Å². The summed E-state index contributed by atoms with van der Waals surface area (Å²) in [5.41, 5.74) is -0.790. The van der Waals surface area contributed by atoms with Gasteiger partial charge in [0.05, 0.1) is 10.7 Å². The van der Waals surface area contributed by atoms with E-state index in [2.05, 4.69) is 20.6 Å². The number of nitrogens with zero attached hydrogens (tertiary/aromatic N) is 2. The molecule has 0 aliphatic heterocycles. The van der Waals surface area contributed by atoms with Gasteiger partial charge in [0.15, 0.2) is 5.69 Å². The van der Waals surface area contributed by atoms with E-state index in [-0.39, 0.29) is 29.9 Å². The minimum atomic E-state index is -4.63. The van der Waals surface area contributed by atoms with Crippen molar-refractivity contribution < 1.29 is 18.3 Å². The average Bonchev–Trinajstić information content (AvgIpc) is 2.50. The van der Waals surface area contributed by atoms with Crippen LogP contribution in [0.25, 0.3) is 0 Å². The van der Waals surface area contributed by atoms with Gasteiger partial charge in [-0.1, -0.05) is 23.2 Å². The molecule has 0 bridgehead atoms. The molecular weight excluding hydrogens is 368 g/mol. The molecular formula is C14H13Cl2F3N4O. The Labute approximate surface area is 145 Å². The topological polar surface area (TPSA) is 70.1 Å². The lowest BCUT2D eigenvalue weighted by molar-refractivity contribution is -0.141. The number of hydrogen-bond donors (Lipinski definition) is 3. The predicted octanol–water partition coefficient (Wildman–Crippen LogP) is 4.34. The summed E-state index contributed by atoms with van der Waals surface area (Å²) in [5, 5.41) is 14.7. The SMILES string of the molecule is OCCCNc1nc(Nc2cc(Cl)ccc2Cl)cc(C(F)(F)F)n1. The maximum Gasteiger partial charge on any atom is 0.433 e. The second-order valence-electron chi connectivity index (χ2n) is 4.71. The van der Waals surface area contributed by atoms with Crippen molar-refractivity contribution in [2.45, 2.75) is 12.6 Å². The van der Waals surface area contributed by atoms with E-state index in [0.29, 0.717) is 17.1 Å². The zero-order valence-corrected chi connectivity index (χ0v) is 13.7. The number of hydrogen-bond acceptors (Lipinski definition) is 5. The van der Waals surface area contributed by atoms with Gasteiger partial charge in [-0.15, -0.1) is 0 Å². The first-order chi connectivity index (χ1) is 11.3. The molecule has 0 unspecified atom stereocenters. The lowest BCUT2D eigenvalue weighted by atomic mass is 10.3. The first kappa shape index (κ1) is 18.6. The highest BCUT2D eigenvalue weighted by Crippen LogP contribution is 2.32. The maximum atomic E-state index is 13.0. The van der Waals surface area contributed by atoms with Gasteiger partial charge in [-0.3, -0.25) is 0 Å². The number of aliphatic hydroxyl groups is 1. The standard InChI is InChI=1S/C14H13Cl2F3N4O/c15-8-2-3-9(16)10(6-8)21-12-7-11(14(17,18)19)22-13(23-12)20-4-1-5-24/h2-3,6-7,24H,1,4-5H2,(H2,20,21,22,23). The summed E-state index contributed by atoms with van der Waals surface area (Å²) in [5.74, 6) is -0.299. The normalized spacial score (nSPS) is 11.4. The smallest absolute Gasteiger partial charge is 0.396 e. The Bertz CT molecular complexity index is 713. The molecule has 1 aromatic carbocycles. The number of aliphatic hydroxyl groups excluding tert-OH is 1. The van der Waals surface area contributed by atoms with E-state index in [9.17, 15) is 13.2 Å². The Morgan fingerprint density at radius 3 is 2.54 bits per heavy atom. The molecule has 0 saturated carbocycles. The highest BCUT2D eigenvalue weighted by Gasteiger charge is 2.33. The summed E-state index contributed by atoms with van der Waals surface area (Å²) in [7, 11) is 0. The molecule has 2 aromatic rings. The lowest BCUT2D eigenvalue weighted by Gasteiger charge is -2.13. The van der Waals surface area contributed by atoms with Gasteiger partial charge >= 0.3 is 6.18 Å². The first-order valence-electron chi connectivity index (χ1n) is 6.82. The third kappa shape index (κ3) is 5.12. The Balaban J connectivity index is 2.33. The summed E-state index contributed by atoms with van der Waals surface area (Å²) < 4.78 is 39.0. The number of rotatable bonds is 6. The second-order valence-corrected chi connectivity index (χ2v) is 5.56. The highest BCUT2D eigenvalue weighted by atomic mass is 35.5. The molecule has 5 nitrogen and oxygen atoms in total. The summed E-state index contributed by atoms with van der Waals surface area (Å²) in [4.78, 5) is 7.40. The van der Waals surface area contributed by atoms with Crippen LogP contribution in [0, 0.1) is 0 Å². The minimum Gasteiger partial charge on any atom is -0.396 e. The van der Waals surface area contributed by atoms with Crippen molar-refractivity contribution in [3.05, 3.63) is 40.0 Å². The molecule has 0 spiro atoms. The van der Waals surface area contributed by atoms with Crippen LogP contribution in [0.15, 0.2) is 24.3 Å². The summed E-state index contributed by atoms with van der Waals surface area (Å²) in [6, 6.07) is 5.31. The third-order valence-electron chi connectivity index (χ3n) is 2.83. The van der Waals surface area contributed by atoms with E-state index >= 15 is 0 Å². The fourth-order valence-corrected chi connectivity index (χ4v) is 2.08. The van der Waals surface area contributed by atoms with Gasteiger partial charge in [0, 0.05) is 24.2 Å². The van der Waals surface area contributed by atoms with Crippen molar-refractivity contribution in [2.75, 3.05) is 23.8 Å². The summed E-state index contributed by atoms with van der Waals surface area (Å²) >= 11 is 11.8. The Kier molecular flexibility index (Phi) is 6.09. The summed E-state index contributed by atoms with van der Waals surface area (Å²) in [6.07, 6.45) is -4.28. The number of anilines is 3. The molecule has 1 heterocycles. The van der Waals surface area contributed by atoms with Crippen molar-refractivity contribution in [3.63, 3.8) is 0 Å². The molecule has 0 saturated heterocycles. The van der Waals surface area contributed by atoms with Gasteiger partial charge in [-0.2, -0.15) is 18.2 Å². The number of nitrogens with one attached hydrogen (secondary N) is 2. The fourth-order valence-electron chi connectivity index (χ4n) is 1.75. The lowest BCUT2D eigenvalue weighted by Crippen LogP contribution is -2.14. The van der Waals surface area contributed by atoms with E-state index < -0.39 is 11.9 Å². The quantitative estimate of drug-likeness (QED) is 0.650. The van der Waals surface area contributed by atoms with Gasteiger partial charge in [0.25, 0.3) is 0 Å². The van der Waals surface area contributed by atoms with Crippen LogP contribution in [0.5, 0.6) is 0 Å². The third-order valence-corrected chi connectivity index (χ3v) is 3.39. The summed E-state index contributed by atoms with van der Waals surface area (Å²) in [6.45, 7) is 0.129. The second kappa shape index (κ2) is 7.87.